The van der Waals surface area contributed by atoms with Gasteiger partial charge < -0.3 is 10.1 Å². The molecule has 0 aliphatic rings. The maximum Gasteiger partial charge on any atom is 0.573 e. The van der Waals surface area contributed by atoms with E-state index in [1.807, 2.05) is 0 Å². The molecular weight excluding hydrogens is 534 g/mol. The summed E-state index contributed by atoms with van der Waals surface area (Å²) in [5.74, 6) is 0.0496. The number of hydrogen-bond acceptors (Lipinski definition) is 5. The molecule has 4 aromatic rings. The third-order valence-electron chi connectivity index (χ3n) is 4.85. The number of nitrogens with one attached hydrogen (secondary N) is 2. The lowest BCUT2D eigenvalue weighted by molar-refractivity contribution is -0.274. The Labute approximate surface area is 216 Å². The molecule has 0 saturated carbocycles. The van der Waals surface area contributed by atoms with E-state index in [1.54, 1.807) is 24.3 Å². The van der Waals surface area contributed by atoms with Crippen LogP contribution in [0.1, 0.15) is 11.1 Å². The highest BCUT2D eigenvalue weighted by molar-refractivity contribution is 7.80. The average molecular weight is 550 g/mol. The molecule has 0 fully saturated rings. The van der Waals surface area contributed by atoms with Crippen LogP contribution in [0.15, 0.2) is 84.2 Å². The lowest BCUT2D eigenvalue weighted by atomic mass is 10.1. The molecule has 0 aliphatic carbocycles. The highest BCUT2D eigenvalue weighted by atomic mass is 32.1. The quantitative estimate of drug-likeness (QED) is 0.129. The summed E-state index contributed by atoms with van der Waals surface area (Å²) in [6, 6.07) is 16.6. The number of alkyl halides is 6. The van der Waals surface area contributed by atoms with Crippen molar-refractivity contribution in [1.82, 2.24) is 20.2 Å². The largest absolute Gasteiger partial charge is 0.573 e. The van der Waals surface area contributed by atoms with Crippen LogP contribution >= 0.6 is 12.2 Å². The standard InChI is InChI=1S/C24H16F6N6OS/c25-23(26,27)17-5-7-18(8-6-17)33-22(38)34-32-13-15-1-3-16(4-2-15)21-31-14-36(35-21)19-9-11-20(12-10-19)37-24(28,29)30/h1-14H,(H2,33,34,38). The van der Waals surface area contributed by atoms with Crippen LogP contribution in [0, 0.1) is 0 Å². The topological polar surface area (TPSA) is 76.4 Å². The monoisotopic (exact) mass is 550 g/mol. The number of ether oxygens (including phenoxy) is 1. The predicted molar refractivity (Wildman–Crippen MR) is 132 cm³/mol. The van der Waals surface area contributed by atoms with Gasteiger partial charge in [0.1, 0.15) is 12.1 Å². The second-order valence-corrected chi connectivity index (χ2v) is 7.98. The number of thiocarbonyl (C=S) groups is 1. The average Bonchev–Trinajstić information content (AvgIpc) is 3.34. The van der Waals surface area contributed by atoms with Crippen LogP contribution < -0.4 is 15.5 Å². The summed E-state index contributed by atoms with van der Waals surface area (Å²) in [6.45, 7) is 0. The Morgan fingerprint density at radius 1 is 0.895 bits per heavy atom. The molecule has 0 aliphatic heterocycles. The molecule has 196 valence electrons. The predicted octanol–water partition coefficient (Wildman–Crippen LogP) is 6.17. The van der Waals surface area contributed by atoms with Gasteiger partial charge in [-0.25, -0.2) is 9.67 Å². The molecule has 0 amide bonds. The first-order valence-electron chi connectivity index (χ1n) is 10.6. The van der Waals surface area contributed by atoms with Gasteiger partial charge in [0.05, 0.1) is 17.5 Å². The minimum absolute atomic E-state index is 0.0883. The van der Waals surface area contributed by atoms with Crippen molar-refractivity contribution >= 4 is 29.2 Å². The van der Waals surface area contributed by atoms with Gasteiger partial charge in [0.15, 0.2) is 10.9 Å². The molecular formula is C24H16F6N6OS. The van der Waals surface area contributed by atoms with Crippen LogP contribution in [0.2, 0.25) is 0 Å². The first kappa shape index (κ1) is 26.6. The zero-order valence-electron chi connectivity index (χ0n) is 19.0. The molecule has 2 N–H and O–H groups in total. The van der Waals surface area contributed by atoms with Gasteiger partial charge in [-0.15, -0.1) is 18.3 Å². The van der Waals surface area contributed by atoms with Crippen molar-refractivity contribution < 1.29 is 31.1 Å². The van der Waals surface area contributed by atoms with Crippen molar-refractivity contribution in [3.8, 4) is 22.8 Å². The van der Waals surface area contributed by atoms with Crippen molar-refractivity contribution in [2.45, 2.75) is 12.5 Å². The smallest absolute Gasteiger partial charge is 0.406 e. The zero-order chi connectivity index (χ0) is 27.3. The number of rotatable bonds is 6. The first-order chi connectivity index (χ1) is 18.0. The molecule has 14 heteroatoms. The summed E-state index contributed by atoms with van der Waals surface area (Å²) in [5, 5.41) is 11.2. The maximum atomic E-state index is 12.6. The normalized spacial score (nSPS) is 11.9. The Bertz CT molecular complexity index is 1420. The van der Waals surface area contributed by atoms with Crippen molar-refractivity contribution in [1.29, 1.82) is 0 Å². The molecule has 0 spiro atoms. The molecule has 3 aromatic carbocycles. The lowest BCUT2D eigenvalue weighted by Crippen LogP contribution is -2.23. The van der Waals surface area contributed by atoms with E-state index in [0.717, 1.165) is 12.1 Å². The van der Waals surface area contributed by atoms with E-state index in [0.29, 0.717) is 28.3 Å². The van der Waals surface area contributed by atoms with Crippen LogP contribution in [-0.2, 0) is 6.18 Å². The number of aromatic nitrogens is 3. The summed E-state index contributed by atoms with van der Waals surface area (Å²) in [7, 11) is 0. The van der Waals surface area contributed by atoms with Crippen LogP contribution in [0.3, 0.4) is 0 Å². The second kappa shape index (κ2) is 10.9. The Kier molecular flexibility index (Phi) is 7.62. The molecule has 1 heterocycles. The van der Waals surface area contributed by atoms with Crippen LogP contribution in [-0.4, -0.2) is 32.5 Å². The first-order valence-corrected chi connectivity index (χ1v) is 11.0. The number of halogens is 6. The molecule has 7 nitrogen and oxygen atoms in total. The van der Waals surface area contributed by atoms with Crippen LogP contribution in [0.25, 0.3) is 17.1 Å². The fourth-order valence-corrected chi connectivity index (χ4v) is 3.28. The minimum Gasteiger partial charge on any atom is -0.406 e. The van der Waals surface area contributed by atoms with Crippen LogP contribution in [0.5, 0.6) is 5.75 Å². The van der Waals surface area contributed by atoms with Gasteiger partial charge in [0.25, 0.3) is 0 Å². The third kappa shape index (κ3) is 7.29. The highest BCUT2D eigenvalue weighted by Gasteiger charge is 2.31. The van der Waals surface area contributed by atoms with Gasteiger partial charge in [0, 0.05) is 11.3 Å². The van der Waals surface area contributed by atoms with Crippen molar-refractivity contribution in [3.63, 3.8) is 0 Å². The van der Waals surface area contributed by atoms with E-state index in [4.69, 9.17) is 12.2 Å². The Morgan fingerprint density at radius 3 is 2.16 bits per heavy atom. The van der Waals surface area contributed by atoms with E-state index in [-0.39, 0.29) is 10.9 Å². The number of benzene rings is 3. The van der Waals surface area contributed by atoms with Gasteiger partial charge >= 0.3 is 12.5 Å². The molecule has 0 radical (unpaired) electrons. The van der Waals surface area contributed by atoms with E-state index in [2.05, 4.69) is 30.7 Å². The van der Waals surface area contributed by atoms with E-state index in [9.17, 15) is 26.3 Å². The fourth-order valence-electron chi connectivity index (χ4n) is 3.11. The Hall–Kier alpha value is -4.46. The van der Waals surface area contributed by atoms with E-state index >= 15 is 0 Å². The van der Waals surface area contributed by atoms with Gasteiger partial charge in [-0.1, -0.05) is 24.3 Å². The fraction of sp³-hybridized carbons (Fsp3) is 0.0833. The number of anilines is 1. The summed E-state index contributed by atoms with van der Waals surface area (Å²) >= 11 is 5.08. The Balaban J connectivity index is 1.32. The minimum atomic E-state index is -4.77. The second-order valence-electron chi connectivity index (χ2n) is 7.58. The number of nitrogens with zero attached hydrogens (tertiary/aromatic N) is 4. The summed E-state index contributed by atoms with van der Waals surface area (Å²) in [4.78, 5) is 4.23. The highest BCUT2D eigenvalue weighted by Crippen LogP contribution is 2.30. The van der Waals surface area contributed by atoms with Crippen molar-refractivity contribution in [2.75, 3.05) is 5.32 Å². The number of hydrogen-bond donors (Lipinski definition) is 2. The van der Waals surface area contributed by atoms with Gasteiger partial charge in [-0.3, -0.25) is 5.43 Å². The molecule has 4 rings (SSSR count). The summed E-state index contributed by atoms with van der Waals surface area (Å²) in [5.41, 5.74) is 4.07. The molecule has 0 atom stereocenters. The molecule has 38 heavy (non-hydrogen) atoms. The SMILES string of the molecule is FC(F)(F)Oc1ccc(-n2cnc(-c3ccc(C=NNC(=S)Nc4ccc(C(F)(F)F)cc4)cc3)n2)cc1. The van der Waals surface area contributed by atoms with Gasteiger partial charge in [0.2, 0.25) is 0 Å². The molecule has 1 aromatic heterocycles. The van der Waals surface area contributed by atoms with Crippen molar-refractivity contribution in [3.05, 3.63) is 90.3 Å². The maximum absolute atomic E-state index is 12.6. The summed E-state index contributed by atoms with van der Waals surface area (Å²) in [6.07, 6.45) is -6.27. The lowest BCUT2D eigenvalue weighted by Gasteiger charge is -2.09. The van der Waals surface area contributed by atoms with Crippen molar-refractivity contribution in [2.24, 2.45) is 5.10 Å². The number of hydrazone groups is 1. The van der Waals surface area contributed by atoms with Crippen LogP contribution in [0.4, 0.5) is 32.0 Å². The molecule has 0 bridgehead atoms. The molecule has 0 saturated heterocycles. The van der Waals surface area contributed by atoms with Gasteiger partial charge in [-0.2, -0.15) is 18.3 Å². The molecule has 0 unspecified atom stereocenters. The van der Waals surface area contributed by atoms with E-state index in [1.165, 1.54) is 53.6 Å². The zero-order valence-corrected chi connectivity index (χ0v) is 19.8. The summed E-state index contributed by atoms with van der Waals surface area (Å²) < 4.78 is 80.1. The third-order valence-corrected chi connectivity index (χ3v) is 5.04. The van der Waals surface area contributed by atoms with Gasteiger partial charge in [-0.05, 0) is 66.3 Å². The van der Waals surface area contributed by atoms with E-state index < -0.39 is 18.1 Å². The Morgan fingerprint density at radius 2 is 1.55 bits per heavy atom.